The molecule has 0 aliphatic heterocycles. The van der Waals surface area contributed by atoms with E-state index in [1.54, 1.807) is 48.5 Å². The van der Waals surface area contributed by atoms with Crippen molar-refractivity contribution >= 4 is 58.2 Å². The summed E-state index contributed by atoms with van der Waals surface area (Å²) in [7, 11) is 3.05. The number of benzene rings is 4. The number of carbonyl (C=O) groups excluding carboxylic acids is 2. The molecule has 0 aliphatic carbocycles. The second-order valence-corrected chi connectivity index (χ2v) is 10.2. The van der Waals surface area contributed by atoms with Crippen molar-refractivity contribution in [3.8, 4) is 11.5 Å². The number of hydrogen-bond acceptors (Lipinski definition) is 5. The van der Waals surface area contributed by atoms with Gasteiger partial charge in [-0.25, -0.2) is 0 Å². The summed E-state index contributed by atoms with van der Waals surface area (Å²) in [4.78, 5) is 26.9. The Morgan fingerprint density at radius 3 is 2.03 bits per heavy atom. The molecular weight excluding hydrogens is 543 g/mol. The van der Waals surface area contributed by atoms with Crippen LogP contribution in [0.25, 0.3) is 0 Å². The van der Waals surface area contributed by atoms with Crippen LogP contribution in [0.4, 0.5) is 11.4 Å². The molecular formula is C29H24Cl2N2O4S. The molecule has 4 aromatic rings. The molecule has 0 aliphatic rings. The molecule has 0 heterocycles. The van der Waals surface area contributed by atoms with Gasteiger partial charge in [0.15, 0.2) is 11.5 Å². The third-order valence-corrected chi connectivity index (χ3v) is 7.19. The highest BCUT2D eigenvalue weighted by atomic mass is 35.5. The zero-order chi connectivity index (χ0) is 27.1. The fourth-order valence-corrected chi connectivity index (χ4v) is 5.22. The van der Waals surface area contributed by atoms with Crippen LogP contribution < -0.4 is 20.1 Å². The molecule has 0 saturated heterocycles. The average Bonchev–Trinajstić information content (AvgIpc) is 2.92. The van der Waals surface area contributed by atoms with Gasteiger partial charge in [-0.3, -0.25) is 9.59 Å². The Balaban J connectivity index is 1.49. The number of rotatable bonds is 9. The van der Waals surface area contributed by atoms with E-state index in [0.29, 0.717) is 38.5 Å². The highest BCUT2D eigenvalue weighted by Gasteiger charge is 2.22. The summed E-state index contributed by atoms with van der Waals surface area (Å²) in [5, 5.41) is 6.11. The fraction of sp³-hybridized carbons (Fsp3) is 0.103. The van der Waals surface area contributed by atoms with Crippen molar-refractivity contribution in [2.45, 2.75) is 10.1 Å². The molecule has 194 valence electrons. The van der Waals surface area contributed by atoms with E-state index in [2.05, 4.69) is 10.6 Å². The summed E-state index contributed by atoms with van der Waals surface area (Å²) >= 11 is 13.6. The molecule has 2 amide bonds. The minimum absolute atomic E-state index is 0.217. The van der Waals surface area contributed by atoms with E-state index in [4.69, 9.17) is 32.7 Å². The van der Waals surface area contributed by atoms with Crippen LogP contribution in [-0.4, -0.2) is 26.0 Å². The second kappa shape index (κ2) is 12.7. The first kappa shape index (κ1) is 27.4. The van der Waals surface area contributed by atoms with Gasteiger partial charge >= 0.3 is 0 Å². The predicted octanol–water partition coefficient (Wildman–Crippen LogP) is 7.74. The lowest BCUT2D eigenvalue weighted by molar-refractivity contribution is -0.115. The molecule has 0 radical (unpaired) electrons. The summed E-state index contributed by atoms with van der Waals surface area (Å²) in [5.41, 5.74) is 2.41. The van der Waals surface area contributed by atoms with Crippen molar-refractivity contribution in [2.24, 2.45) is 0 Å². The number of amides is 2. The van der Waals surface area contributed by atoms with Crippen LogP contribution in [0.3, 0.4) is 0 Å². The number of carbonyl (C=O) groups is 2. The monoisotopic (exact) mass is 566 g/mol. The Labute approximate surface area is 235 Å². The summed E-state index contributed by atoms with van der Waals surface area (Å²) in [6.45, 7) is 0. The van der Waals surface area contributed by atoms with Crippen LogP contribution in [0.15, 0.2) is 95.9 Å². The smallest absolute Gasteiger partial charge is 0.255 e. The maximum absolute atomic E-state index is 13.3. The molecule has 1 atom stereocenters. The topological polar surface area (TPSA) is 76.7 Å². The molecule has 9 heteroatoms. The van der Waals surface area contributed by atoms with E-state index in [9.17, 15) is 9.59 Å². The van der Waals surface area contributed by atoms with E-state index in [1.807, 2.05) is 42.5 Å². The van der Waals surface area contributed by atoms with E-state index < -0.39 is 5.25 Å². The molecule has 2 N–H and O–H groups in total. The van der Waals surface area contributed by atoms with Gasteiger partial charge in [0.1, 0.15) is 5.25 Å². The van der Waals surface area contributed by atoms with E-state index >= 15 is 0 Å². The Kier molecular flexibility index (Phi) is 9.18. The second-order valence-electron chi connectivity index (χ2n) is 8.10. The van der Waals surface area contributed by atoms with Crippen LogP contribution >= 0.6 is 35.0 Å². The molecule has 38 heavy (non-hydrogen) atoms. The number of ether oxygens (including phenoxy) is 2. The summed E-state index contributed by atoms with van der Waals surface area (Å²) < 4.78 is 10.5. The Bertz CT molecular complexity index is 1410. The van der Waals surface area contributed by atoms with Crippen LogP contribution in [0.2, 0.25) is 10.0 Å². The average molecular weight is 567 g/mol. The first-order valence-electron chi connectivity index (χ1n) is 11.5. The quantitative estimate of drug-likeness (QED) is 0.203. The number of methoxy groups -OCH3 is 2. The number of nitrogens with one attached hydrogen (secondary N) is 2. The third-order valence-electron chi connectivity index (χ3n) is 5.48. The molecule has 4 rings (SSSR count). The van der Waals surface area contributed by atoms with Gasteiger partial charge in [-0.1, -0.05) is 53.5 Å². The van der Waals surface area contributed by atoms with E-state index in [1.165, 1.54) is 26.0 Å². The van der Waals surface area contributed by atoms with Crippen LogP contribution in [0, 0.1) is 0 Å². The number of anilines is 2. The minimum atomic E-state index is -0.541. The van der Waals surface area contributed by atoms with Crippen molar-refractivity contribution in [1.82, 2.24) is 0 Å². The van der Waals surface area contributed by atoms with E-state index in [-0.39, 0.29) is 11.8 Å². The molecule has 6 nitrogen and oxygen atoms in total. The van der Waals surface area contributed by atoms with Gasteiger partial charge in [0.05, 0.1) is 14.2 Å². The molecule has 0 fully saturated rings. The summed E-state index contributed by atoms with van der Waals surface area (Å²) in [5.74, 6) is 0.511. The molecule has 0 spiro atoms. The van der Waals surface area contributed by atoms with Gasteiger partial charge in [0.2, 0.25) is 5.91 Å². The Morgan fingerprint density at radius 2 is 1.39 bits per heavy atom. The predicted molar refractivity (Wildman–Crippen MR) is 154 cm³/mol. The largest absolute Gasteiger partial charge is 0.493 e. The lowest BCUT2D eigenvalue weighted by Gasteiger charge is -2.18. The molecule has 0 aromatic heterocycles. The normalized spacial score (nSPS) is 11.4. The van der Waals surface area contributed by atoms with Gasteiger partial charge in [0.25, 0.3) is 5.91 Å². The van der Waals surface area contributed by atoms with Crippen molar-refractivity contribution in [2.75, 3.05) is 24.9 Å². The van der Waals surface area contributed by atoms with Gasteiger partial charge in [-0.15, -0.1) is 11.8 Å². The Hall–Kier alpha value is -3.65. The first-order valence-corrected chi connectivity index (χ1v) is 13.1. The molecule has 4 aromatic carbocycles. The minimum Gasteiger partial charge on any atom is -0.493 e. The van der Waals surface area contributed by atoms with Gasteiger partial charge < -0.3 is 20.1 Å². The van der Waals surface area contributed by atoms with Gasteiger partial charge in [0, 0.05) is 31.9 Å². The SMILES string of the molecule is COc1ccc(C(=O)Nc2ccc(SC(C(=O)Nc3cc(Cl)cc(Cl)c3)c3ccccc3)cc2)cc1OC. The lowest BCUT2D eigenvalue weighted by Crippen LogP contribution is -2.19. The van der Waals surface area contributed by atoms with Crippen LogP contribution in [0.1, 0.15) is 21.2 Å². The number of halogens is 2. The van der Waals surface area contributed by atoms with Gasteiger partial charge in [-0.05, 0) is 66.2 Å². The maximum atomic E-state index is 13.3. The third kappa shape index (κ3) is 7.01. The van der Waals surface area contributed by atoms with E-state index in [0.717, 1.165) is 10.5 Å². The summed E-state index contributed by atoms with van der Waals surface area (Å²) in [6.07, 6.45) is 0. The maximum Gasteiger partial charge on any atom is 0.255 e. The van der Waals surface area contributed by atoms with Crippen molar-refractivity contribution in [3.05, 3.63) is 112 Å². The first-order chi connectivity index (χ1) is 18.4. The van der Waals surface area contributed by atoms with Crippen molar-refractivity contribution in [1.29, 1.82) is 0 Å². The summed E-state index contributed by atoms with van der Waals surface area (Å²) in [6, 6.07) is 26.6. The Morgan fingerprint density at radius 1 is 0.737 bits per heavy atom. The molecule has 0 bridgehead atoms. The standard InChI is InChI=1S/C29H24Cl2N2O4S/c1-36-25-13-8-19(14-26(25)37-2)28(34)32-22-9-11-24(12-10-22)38-27(18-6-4-3-5-7-18)29(35)33-23-16-20(30)15-21(31)17-23/h3-17,27H,1-2H3,(H,32,34)(H,33,35). The zero-order valence-electron chi connectivity index (χ0n) is 20.5. The van der Waals surface area contributed by atoms with Gasteiger partial charge in [-0.2, -0.15) is 0 Å². The van der Waals surface area contributed by atoms with Crippen LogP contribution in [-0.2, 0) is 4.79 Å². The van der Waals surface area contributed by atoms with Crippen molar-refractivity contribution in [3.63, 3.8) is 0 Å². The van der Waals surface area contributed by atoms with Crippen molar-refractivity contribution < 1.29 is 19.1 Å². The number of hydrogen-bond donors (Lipinski definition) is 2. The van der Waals surface area contributed by atoms with Crippen LogP contribution in [0.5, 0.6) is 11.5 Å². The molecule has 1 unspecified atom stereocenters. The lowest BCUT2D eigenvalue weighted by atomic mass is 10.1. The highest BCUT2D eigenvalue weighted by Crippen LogP contribution is 2.37. The highest BCUT2D eigenvalue weighted by molar-refractivity contribution is 8.00. The number of thioether (sulfide) groups is 1. The zero-order valence-corrected chi connectivity index (χ0v) is 22.9. The molecule has 0 saturated carbocycles. The fourth-order valence-electron chi connectivity index (χ4n) is 3.67.